The zero-order chi connectivity index (χ0) is 15.2. The van der Waals surface area contributed by atoms with Crippen molar-refractivity contribution in [3.05, 3.63) is 65.2 Å². The van der Waals surface area contributed by atoms with E-state index in [1.807, 2.05) is 43.3 Å². The number of rotatable bonds is 2. The van der Waals surface area contributed by atoms with Crippen molar-refractivity contribution in [2.75, 3.05) is 18.5 Å². The summed E-state index contributed by atoms with van der Waals surface area (Å²) >= 11 is 0. The normalized spacial score (nSPS) is 9.67. The van der Waals surface area contributed by atoms with Crippen LogP contribution in [0.1, 0.15) is 21.5 Å². The van der Waals surface area contributed by atoms with Crippen molar-refractivity contribution >= 4 is 11.6 Å². The first-order chi connectivity index (χ1) is 10.1. The molecule has 0 heterocycles. The number of anilines is 1. The molecule has 2 aromatic carbocycles. The Hall–Kier alpha value is -2.57. The van der Waals surface area contributed by atoms with E-state index in [1.165, 1.54) is 0 Å². The largest absolute Gasteiger partial charge is 0.320 e. The van der Waals surface area contributed by atoms with Crippen LogP contribution in [0, 0.1) is 18.8 Å². The fraction of sp³-hybridized carbons (Fsp3) is 0.167. The lowest BCUT2D eigenvalue weighted by Gasteiger charge is -2.19. The van der Waals surface area contributed by atoms with Crippen molar-refractivity contribution in [3.63, 3.8) is 0 Å². The number of carbonyl (C=O) groups is 1. The first-order valence-corrected chi connectivity index (χ1v) is 6.76. The second-order valence-corrected chi connectivity index (χ2v) is 4.74. The molecule has 0 radical (unpaired) electrons. The van der Waals surface area contributed by atoms with Crippen molar-refractivity contribution in [1.82, 2.24) is 0 Å². The Balaban J connectivity index is 2.30. The molecule has 0 saturated heterocycles. The second-order valence-electron chi connectivity index (χ2n) is 4.74. The number of amides is 1. The number of nitrogens with zero attached hydrogens (tertiary/aromatic N) is 1. The van der Waals surface area contributed by atoms with E-state index in [0.717, 1.165) is 16.8 Å². The van der Waals surface area contributed by atoms with Gasteiger partial charge in [-0.25, -0.2) is 0 Å². The van der Waals surface area contributed by atoms with Crippen LogP contribution < -0.4 is 10.6 Å². The smallest absolute Gasteiger partial charge is 0.258 e. The quantitative estimate of drug-likeness (QED) is 0.858. The number of para-hydroxylation sites is 1. The average molecular weight is 278 g/mol. The number of carbonyl (C=O) groups excluding carboxylic acids is 1. The van der Waals surface area contributed by atoms with Gasteiger partial charge < -0.3 is 10.6 Å². The van der Waals surface area contributed by atoms with E-state index in [1.54, 1.807) is 24.1 Å². The lowest BCUT2D eigenvalue weighted by molar-refractivity contribution is 0.0993. The number of hydrogen-bond donors (Lipinski definition) is 1. The average Bonchev–Trinajstić information content (AvgIpc) is 2.52. The summed E-state index contributed by atoms with van der Waals surface area (Å²) in [7, 11) is 1.78. The molecular formula is C18H18N2O. The van der Waals surface area contributed by atoms with Gasteiger partial charge in [-0.15, -0.1) is 0 Å². The van der Waals surface area contributed by atoms with Gasteiger partial charge in [0.15, 0.2) is 0 Å². The van der Waals surface area contributed by atoms with Gasteiger partial charge in [0.05, 0.1) is 6.54 Å². The molecule has 1 amide bonds. The molecular weight excluding hydrogens is 260 g/mol. The van der Waals surface area contributed by atoms with Gasteiger partial charge in [-0.05, 0) is 36.8 Å². The Bertz CT molecular complexity index is 710. The van der Waals surface area contributed by atoms with Gasteiger partial charge in [-0.2, -0.15) is 0 Å². The van der Waals surface area contributed by atoms with E-state index in [9.17, 15) is 4.79 Å². The summed E-state index contributed by atoms with van der Waals surface area (Å²) < 4.78 is 0. The Morgan fingerprint density at radius 2 is 1.95 bits per heavy atom. The van der Waals surface area contributed by atoms with E-state index in [0.29, 0.717) is 12.1 Å². The standard InChI is InChI=1S/C18H18N2O/c1-14-7-3-4-11-17(14)20(2)18(21)16-10-5-8-15(13-16)9-6-12-19/h3-5,7-8,10-11,13H,12,19H2,1-2H3. The van der Waals surface area contributed by atoms with E-state index in [4.69, 9.17) is 5.73 Å². The van der Waals surface area contributed by atoms with Gasteiger partial charge in [0, 0.05) is 23.9 Å². The summed E-state index contributed by atoms with van der Waals surface area (Å²) in [6.45, 7) is 2.30. The zero-order valence-electron chi connectivity index (χ0n) is 12.3. The maximum absolute atomic E-state index is 12.6. The number of aryl methyl sites for hydroxylation is 1. The third kappa shape index (κ3) is 3.50. The molecule has 106 valence electrons. The topological polar surface area (TPSA) is 46.3 Å². The lowest BCUT2D eigenvalue weighted by atomic mass is 10.1. The van der Waals surface area contributed by atoms with E-state index < -0.39 is 0 Å². The fourth-order valence-electron chi connectivity index (χ4n) is 2.13. The summed E-state index contributed by atoms with van der Waals surface area (Å²) in [4.78, 5) is 14.2. The Labute approximate surface area is 125 Å². The molecule has 2 rings (SSSR count). The summed E-state index contributed by atoms with van der Waals surface area (Å²) in [6, 6.07) is 15.1. The van der Waals surface area contributed by atoms with Crippen LogP contribution in [0.15, 0.2) is 48.5 Å². The summed E-state index contributed by atoms with van der Waals surface area (Å²) in [6.07, 6.45) is 0. The Kier molecular flexibility index (Phi) is 4.76. The molecule has 0 fully saturated rings. The van der Waals surface area contributed by atoms with Crippen molar-refractivity contribution in [3.8, 4) is 11.8 Å². The minimum Gasteiger partial charge on any atom is -0.320 e. The highest BCUT2D eigenvalue weighted by atomic mass is 16.2. The summed E-state index contributed by atoms with van der Waals surface area (Å²) in [5.41, 5.74) is 8.74. The Morgan fingerprint density at radius 1 is 1.19 bits per heavy atom. The third-order valence-corrected chi connectivity index (χ3v) is 3.23. The van der Waals surface area contributed by atoms with E-state index >= 15 is 0 Å². The van der Waals surface area contributed by atoms with Crippen LogP contribution in [-0.2, 0) is 0 Å². The maximum Gasteiger partial charge on any atom is 0.258 e. The van der Waals surface area contributed by atoms with E-state index in [-0.39, 0.29) is 5.91 Å². The molecule has 0 atom stereocenters. The van der Waals surface area contributed by atoms with Crippen LogP contribution in [0.2, 0.25) is 0 Å². The summed E-state index contributed by atoms with van der Waals surface area (Å²) in [5.74, 6) is 5.68. The maximum atomic E-state index is 12.6. The van der Waals surface area contributed by atoms with Gasteiger partial charge in [0.1, 0.15) is 0 Å². The fourth-order valence-corrected chi connectivity index (χ4v) is 2.13. The molecule has 3 nitrogen and oxygen atoms in total. The van der Waals surface area contributed by atoms with E-state index in [2.05, 4.69) is 11.8 Å². The number of benzene rings is 2. The Morgan fingerprint density at radius 3 is 2.67 bits per heavy atom. The van der Waals surface area contributed by atoms with Gasteiger partial charge in [0.25, 0.3) is 5.91 Å². The molecule has 21 heavy (non-hydrogen) atoms. The SMILES string of the molecule is Cc1ccccc1N(C)C(=O)c1cccc(C#CCN)c1. The molecule has 0 unspecified atom stereocenters. The highest BCUT2D eigenvalue weighted by Gasteiger charge is 2.14. The molecule has 0 bridgehead atoms. The third-order valence-electron chi connectivity index (χ3n) is 3.23. The van der Waals surface area contributed by atoms with Crippen LogP contribution in [0.25, 0.3) is 0 Å². The number of hydrogen-bond acceptors (Lipinski definition) is 2. The zero-order valence-corrected chi connectivity index (χ0v) is 12.3. The second kappa shape index (κ2) is 6.74. The van der Waals surface area contributed by atoms with Gasteiger partial charge >= 0.3 is 0 Å². The summed E-state index contributed by atoms with van der Waals surface area (Å²) in [5, 5.41) is 0. The highest BCUT2D eigenvalue weighted by Crippen LogP contribution is 2.20. The minimum absolute atomic E-state index is 0.0549. The van der Waals surface area contributed by atoms with Crippen molar-refractivity contribution < 1.29 is 4.79 Å². The lowest BCUT2D eigenvalue weighted by Crippen LogP contribution is -2.26. The minimum atomic E-state index is -0.0549. The molecule has 0 saturated carbocycles. The van der Waals surface area contributed by atoms with Gasteiger partial charge in [-0.1, -0.05) is 36.1 Å². The van der Waals surface area contributed by atoms with Crippen LogP contribution in [0.3, 0.4) is 0 Å². The van der Waals surface area contributed by atoms with Crippen LogP contribution in [0.5, 0.6) is 0 Å². The molecule has 0 aliphatic carbocycles. The molecule has 2 aromatic rings. The first-order valence-electron chi connectivity index (χ1n) is 6.76. The van der Waals surface area contributed by atoms with Crippen LogP contribution in [0.4, 0.5) is 5.69 Å². The highest BCUT2D eigenvalue weighted by molar-refractivity contribution is 6.06. The van der Waals surface area contributed by atoms with Crippen LogP contribution in [-0.4, -0.2) is 19.5 Å². The van der Waals surface area contributed by atoms with Crippen molar-refractivity contribution in [2.45, 2.75) is 6.92 Å². The predicted molar refractivity (Wildman–Crippen MR) is 86.3 cm³/mol. The van der Waals surface area contributed by atoms with Crippen LogP contribution >= 0.6 is 0 Å². The molecule has 3 heteroatoms. The molecule has 0 aliphatic rings. The number of nitrogens with two attached hydrogens (primary N) is 1. The molecule has 0 aliphatic heterocycles. The van der Waals surface area contributed by atoms with Gasteiger partial charge in [-0.3, -0.25) is 4.79 Å². The van der Waals surface area contributed by atoms with Crippen molar-refractivity contribution in [1.29, 1.82) is 0 Å². The molecule has 0 spiro atoms. The monoisotopic (exact) mass is 278 g/mol. The molecule has 0 aromatic heterocycles. The van der Waals surface area contributed by atoms with Crippen molar-refractivity contribution in [2.24, 2.45) is 5.73 Å². The predicted octanol–water partition coefficient (Wildman–Crippen LogP) is 2.58. The molecule has 2 N–H and O–H groups in total. The first kappa shape index (κ1) is 14.8. The van der Waals surface area contributed by atoms with Gasteiger partial charge in [0.2, 0.25) is 0 Å².